The SMILES string of the molecule is COc1nc(N)nc2c1ncn2[C@@H]1O[C@H](CO)[C@@H](OC(=O)C(C)(C)C)[C@@H]1O. The lowest BCUT2D eigenvalue weighted by Crippen LogP contribution is -2.40. The fraction of sp³-hybridized carbons (Fsp3) is 0.625. The monoisotopic (exact) mass is 381 g/mol. The average Bonchev–Trinajstić information content (AvgIpc) is 3.15. The highest BCUT2D eigenvalue weighted by Gasteiger charge is 2.48. The lowest BCUT2D eigenvalue weighted by Gasteiger charge is -2.24. The summed E-state index contributed by atoms with van der Waals surface area (Å²) >= 11 is 0. The summed E-state index contributed by atoms with van der Waals surface area (Å²) in [4.78, 5) is 24.5. The smallest absolute Gasteiger partial charge is 0.311 e. The molecule has 11 nitrogen and oxygen atoms in total. The maximum Gasteiger partial charge on any atom is 0.311 e. The molecule has 3 rings (SSSR count). The molecular formula is C16H23N5O6. The molecule has 0 aliphatic carbocycles. The highest BCUT2D eigenvalue weighted by Crippen LogP contribution is 2.35. The summed E-state index contributed by atoms with van der Waals surface area (Å²) in [5, 5.41) is 20.3. The van der Waals surface area contributed by atoms with Gasteiger partial charge in [-0.05, 0) is 20.8 Å². The maximum atomic E-state index is 12.2. The van der Waals surface area contributed by atoms with Gasteiger partial charge in [0, 0.05) is 0 Å². The first-order chi connectivity index (χ1) is 12.7. The van der Waals surface area contributed by atoms with E-state index in [-0.39, 0.29) is 17.5 Å². The molecule has 1 aliphatic rings. The van der Waals surface area contributed by atoms with Gasteiger partial charge in [-0.2, -0.15) is 9.97 Å². The summed E-state index contributed by atoms with van der Waals surface area (Å²) in [6.45, 7) is 4.64. The third kappa shape index (κ3) is 3.40. The molecule has 2 aromatic rings. The second-order valence-electron chi connectivity index (χ2n) is 7.27. The molecule has 0 aromatic carbocycles. The van der Waals surface area contributed by atoms with Crippen molar-refractivity contribution in [1.82, 2.24) is 19.5 Å². The molecule has 27 heavy (non-hydrogen) atoms. The number of nitrogens with zero attached hydrogens (tertiary/aromatic N) is 4. The summed E-state index contributed by atoms with van der Waals surface area (Å²) < 4.78 is 17.7. The molecule has 11 heteroatoms. The average molecular weight is 381 g/mol. The Hall–Kier alpha value is -2.50. The van der Waals surface area contributed by atoms with Crippen molar-refractivity contribution in [3.8, 4) is 5.88 Å². The van der Waals surface area contributed by atoms with Crippen LogP contribution in [0.4, 0.5) is 5.95 Å². The molecule has 1 saturated heterocycles. The van der Waals surface area contributed by atoms with Crippen LogP contribution in [-0.4, -0.2) is 67.7 Å². The number of hydrogen-bond donors (Lipinski definition) is 3. The summed E-state index contributed by atoms with van der Waals surface area (Å²) in [5.74, 6) is -0.376. The van der Waals surface area contributed by atoms with E-state index in [1.165, 1.54) is 18.0 Å². The minimum atomic E-state index is -1.26. The Balaban J connectivity index is 1.95. The first-order valence-electron chi connectivity index (χ1n) is 8.37. The molecule has 0 bridgehead atoms. The molecule has 0 radical (unpaired) electrons. The van der Waals surface area contributed by atoms with Gasteiger partial charge in [-0.15, -0.1) is 0 Å². The Labute approximate surface area is 155 Å². The largest absolute Gasteiger partial charge is 0.479 e. The normalized spacial score (nSPS) is 25.7. The molecular weight excluding hydrogens is 358 g/mol. The van der Waals surface area contributed by atoms with Crippen molar-refractivity contribution in [3.05, 3.63) is 6.33 Å². The van der Waals surface area contributed by atoms with Gasteiger partial charge < -0.3 is 30.2 Å². The van der Waals surface area contributed by atoms with Crippen molar-refractivity contribution in [3.63, 3.8) is 0 Å². The number of anilines is 1. The first kappa shape index (κ1) is 19.3. The number of methoxy groups -OCH3 is 1. The zero-order valence-electron chi connectivity index (χ0n) is 15.5. The van der Waals surface area contributed by atoms with Gasteiger partial charge in [0.2, 0.25) is 11.8 Å². The van der Waals surface area contributed by atoms with E-state index in [1.54, 1.807) is 20.8 Å². The summed E-state index contributed by atoms with van der Waals surface area (Å²) in [6, 6.07) is 0. The Morgan fingerprint density at radius 2 is 2.11 bits per heavy atom. The zero-order chi connectivity index (χ0) is 19.9. The predicted octanol–water partition coefficient (Wildman–Crippen LogP) is -0.374. The van der Waals surface area contributed by atoms with Gasteiger partial charge >= 0.3 is 5.97 Å². The van der Waals surface area contributed by atoms with Crippen LogP contribution in [0.5, 0.6) is 5.88 Å². The lowest BCUT2D eigenvalue weighted by molar-refractivity contribution is -0.166. The number of aromatic nitrogens is 4. The van der Waals surface area contributed by atoms with E-state index < -0.39 is 42.5 Å². The van der Waals surface area contributed by atoms with Crippen molar-refractivity contribution in [2.24, 2.45) is 5.41 Å². The van der Waals surface area contributed by atoms with E-state index in [9.17, 15) is 15.0 Å². The van der Waals surface area contributed by atoms with Crippen LogP contribution >= 0.6 is 0 Å². The maximum absolute atomic E-state index is 12.2. The van der Waals surface area contributed by atoms with E-state index in [4.69, 9.17) is 19.9 Å². The third-order valence-corrected chi connectivity index (χ3v) is 4.22. The van der Waals surface area contributed by atoms with Gasteiger partial charge in [0.1, 0.15) is 12.2 Å². The van der Waals surface area contributed by atoms with Crippen LogP contribution in [-0.2, 0) is 14.3 Å². The number of imidazole rings is 1. The number of hydrogen-bond acceptors (Lipinski definition) is 10. The van der Waals surface area contributed by atoms with Gasteiger partial charge in [0.05, 0.1) is 25.5 Å². The van der Waals surface area contributed by atoms with Gasteiger partial charge in [-0.1, -0.05) is 0 Å². The van der Waals surface area contributed by atoms with E-state index in [1.807, 2.05) is 0 Å². The fourth-order valence-corrected chi connectivity index (χ4v) is 2.78. The second kappa shape index (κ2) is 6.91. The number of nitrogen functional groups attached to an aromatic ring is 1. The Bertz CT molecular complexity index is 848. The molecule has 3 heterocycles. The van der Waals surface area contributed by atoms with Crippen LogP contribution in [0.15, 0.2) is 6.33 Å². The van der Waals surface area contributed by atoms with Gasteiger partial charge in [-0.3, -0.25) is 9.36 Å². The Morgan fingerprint density at radius 3 is 2.70 bits per heavy atom. The van der Waals surface area contributed by atoms with Gasteiger partial charge in [0.15, 0.2) is 23.5 Å². The van der Waals surface area contributed by atoms with Crippen molar-refractivity contribution in [2.45, 2.75) is 45.3 Å². The van der Waals surface area contributed by atoms with Gasteiger partial charge in [0.25, 0.3) is 0 Å². The number of carbonyl (C=O) groups is 1. The highest BCUT2D eigenvalue weighted by molar-refractivity contribution is 5.78. The number of rotatable bonds is 4. The minimum absolute atomic E-state index is 0.0389. The molecule has 0 amide bonds. The number of aliphatic hydroxyl groups excluding tert-OH is 2. The number of nitrogens with two attached hydrogens (primary N) is 1. The zero-order valence-corrected chi connectivity index (χ0v) is 15.5. The second-order valence-corrected chi connectivity index (χ2v) is 7.27. The standard InChI is InChI=1S/C16H23N5O6/c1-16(2,3)14(24)27-10-7(5-22)26-13(9(10)23)21-6-18-8-11(21)19-15(17)20-12(8)25-4/h6-7,9-10,13,22-23H,5H2,1-4H3,(H2,17,19,20)/t7-,9+,10-,13-/m1/s1. The molecule has 0 saturated carbocycles. The van der Waals surface area contributed by atoms with Crippen molar-refractivity contribution < 1.29 is 29.2 Å². The number of aliphatic hydroxyl groups is 2. The molecule has 0 spiro atoms. The topological polar surface area (TPSA) is 155 Å². The van der Waals surface area contributed by atoms with Crippen LogP contribution in [0.3, 0.4) is 0 Å². The van der Waals surface area contributed by atoms with Crippen molar-refractivity contribution >= 4 is 23.1 Å². The molecule has 1 fully saturated rings. The predicted molar refractivity (Wildman–Crippen MR) is 92.6 cm³/mol. The van der Waals surface area contributed by atoms with E-state index in [0.717, 1.165) is 0 Å². The first-order valence-corrected chi connectivity index (χ1v) is 8.37. The molecule has 0 unspecified atom stereocenters. The van der Waals surface area contributed by atoms with Crippen molar-refractivity contribution in [1.29, 1.82) is 0 Å². The number of esters is 1. The molecule has 4 atom stereocenters. The number of ether oxygens (including phenoxy) is 3. The summed E-state index contributed by atoms with van der Waals surface area (Å²) in [6.07, 6.45) is -2.82. The molecule has 1 aliphatic heterocycles. The Kier molecular flexibility index (Phi) is 4.93. The number of fused-ring (bicyclic) bond motifs is 1. The van der Waals surface area contributed by atoms with Crippen LogP contribution in [0.25, 0.3) is 11.2 Å². The summed E-state index contributed by atoms with van der Waals surface area (Å²) in [5.41, 5.74) is 5.54. The van der Waals surface area contributed by atoms with Crippen molar-refractivity contribution in [2.75, 3.05) is 19.5 Å². The molecule has 4 N–H and O–H groups in total. The van der Waals surface area contributed by atoms with Crippen LogP contribution in [0.1, 0.15) is 27.0 Å². The van der Waals surface area contributed by atoms with E-state index >= 15 is 0 Å². The van der Waals surface area contributed by atoms with E-state index in [2.05, 4.69) is 15.0 Å². The van der Waals surface area contributed by atoms with Crippen LogP contribution in [0.2, 0.25) is 0 Å². The lowest BCUT2D eigenvalue weighted by atomic mass is 9.97. The van der Waals surface area contributed by atoms with Crippen LogP contribution in [0, 0.1) is 5.41 Å². The Morgan fingerprint density at radius 1 is 1.41 bits per heavy atom. The minimum Gasteiger partial charge on any atom is -0.479 e. The fourth-order valence-electron chi connectivity index (χ4n) is 2.78. The summed E-state index contributed by atoms with van der Waals surface area (Å²) in [7, 11) is 1.42. The molecule has 2 aromatic heterocycles. The number of carbonyl (C=O) groups excluding carboxylic acids is 1. The third-order valence-electron chi connectivity index (χ3n) is 4.22. The quantitative estimate of drug-likeness (QED) is 0.597. The van der Waals surface area contributed by atoms with E-state index in [0.29, 0.717) is 5.52 Å². The van der Waals surface area contributed by atoms with Crippen LogP contribution < -0.4 is 10.5 Å². The van der Waals surface area contributed by atoms with Gasteiger partial charge in [-0.25, -0.2) is 4.98 Å². The molecule has 148 valence electrons. The highest BCUT2D eigenvalue weighted by atomic mass is 16.6.